The molecule has 0 amide bonds. The molecule has 0 N–H and O–H groups in total. The van der Waals surface area contributed by atoms with Gasteiger partial charge in [0.05, 0.1) is 17.5 Å². The zero-order chi connectivity index (χ0) is 14.7. The maximum absolute atomic E-state index is 12.5. The van der Waals surface area contributed by atoms with Crippen LogP contribution in [0.4, 0.5) is 0 Å². The molecule has 1 heterocycles. The largest absolute Gasteiger partial charge is 0.293 e. The summed E-state index contributed by atoms with van der Waals surface area (Å²) in [7, 11) is 1.94. The number of nitriles is 1. The van der Waals surface area contributed by atoms with Crippen molar-refractivity contribution in [1.82, 2.24) is 9.78 Å². The fourth-order valence-corrected chi connectivity index (χ4v) is 4.36. The monoisotopic (exact) mass is 269 g/mol. The van der Waals surface area contributed by atoms with E-state index in [1.165, 1.54) is 5.56 Å². The summed E-state index contributed by atoms with van der Waals surface area (Å²) in [6, 6.07) is 2.09. The van der Waals surface area contributed by atoms with Gasteiger partial charge in [-0.3, -0.25) is 9.48 Å². The van der Waals surface area contributed by atoms with E-state index in [-0.39, 0.29) is 17.1 Å². The Kier molecular flexibility index (Phi) is 2.50. The number of allylic oxidation sites excluding steroid dienone is 2. The van der Waals surface area contributed by atoms with Gasteiger partial charge in [0.2, 0.25) is 0 Å². The van der Waals surface area contributed by atoms with E-state index in [4.69, 9.17) is 0 Å². The molecule has 1 aromatic rings. The van der Waals surface area contributed by atoms with Crippen LogP contribution in [0.3, 0.4) is 0 Å². The maximum Gasteiger partial charge on any atom is 0.178 e. The molecule has 0 saturated heterocycles. The lowest BCUT2D eigenvalue weighted by molar-refractivity contribution is -0.128. The third-order valence-electron chi connectivity index (χ3n) is 5.22. The van der Waals surface area contributed by atoms with Gasteiger partial charge in [-0.25, -0.2) is 0 Å². The maximum atomic E-state index is 12.5. The van der Waals surface area contributed by atoms with Gasteiger partial charge >= 0.3 is 0 Å². The van der Waals surface area contributed by atoms with Crippen LogP contribution < -0.4 is 0 Å². The smallest absolute Gasteiger partial charge is 0.178 e. The van der Waals surface area contributed by atoms with Crippen molar-refractivity contribution in [1.29, 1.82) is 5.26 Å². The summed E-state index contributed by atoms with van der Waals surface area (Å²) in [4.78, 5) is 12.5. The number of Topliss-reactive ketones (excluding diaryl/α,β-unsaturated/α-hetero) is 1. The predicted molar refractivity (Wildman–Crippen MR) is 74.9 cm³/mol. The van der Waals surface area contributed by atoms with Crippen LogP contribution in [-0.2, 0) is 23.7 Å². The number of nitrogens with zero attached hydrogens (tertiary/aromatic N) is 3. The van der Waals surface area contributed by atoms with Crippen LogP contribution in [0.5, 0.6) is 0 Å². The number of hydrogen-bond donors (Lipinski definition) is 0. The summed E-state index contributed by atoms with van der Waals surface area (Å²) in [5.74, 6) is 0.190. The van der Waals surface area contributed by atoms with E-state index >= 15 is 0 Å². The molecule has 2 aliphatic rings. The van der Waals surface area contributed by atoms with Gasteiger partial charge in [-0.05, 0) is 24.3 Å². The highest BCUT2D eigenvalue weighted by Gasteiger charge is 2.54. The molecule has 0 aromatic carbocycles. The Bertz CT molecular complexity index is 674. The molecule has 0 bridgehead atoms. The predicted octanol–water partition coefficient (Wildman–Crippen LogP) is 2.30. The summed E-state index contributed by atoms with van der Waals surface area (Å²) in [5, 5.41) is 13.7. The Balaban J connectivity index is 2.31. The van der Waals surface area contributed by atoms with Gasteiger partial charge in [0.1, 0.15) is 6.07 Å². The van der Waals surface area contributed by atoms with Gasteiger partial charge in [0.25, 0.3) is 0 Å². The normalized spacial score (nSPS) is 31.1. The number of hydrogen-bond acceptors (Lipinski definition) is 3. The van der Waals surface area contributed by atoms with Crippen molar-refractivity contribution in [3.63, 3.8) is 0 Å². The van der Waals surface area contributed by atoms with Crippen LogP contribution in [0, 0.1) is 22.7 Å². The molecule has 104 valence electrons. The Morgan fingerprint density at radius 3 is 2.80 bits per heavy atom. The van der Waals surface area contributed by atoms with Crippen molar-refractivity contribution < 1.29 is 4.79 Å². The van der Waals surface area contributed by atoms with Gasteiger partial charge in [0, 0.05) is 17.9 Å². The number of aryl methyl sites for hydroxylation is 2. The van der Waals surface area contributed by atoms with Crippen LogP contribution >= 0.6 is 0 Å². The topological polar surface area (TPSA) is 58.7 Å². The van der Waals surface area contributed by atoms with Crippen molar-refractivity contribution in [2.75, 3.05) is 0 Å². The van der Waals surface area contributed by atoms with Crippen molar-refractivity contribution >= 4 is 5.78 Å². The minimum absolute atomic E-state index is 0.0203. The van der Waals surface area contributed by atoms with Crippen LogP contribution in [0.2, 0.25) is 0 Å². The third kappa shape index (κ3) is 1.41. The Hall–Kier alpha value is -1.89. The molecule has 0 fully saturated rings. The summed E-state index contributed by atoms with van der Waals surface area (Å²) in [5.41, 5.74) is 1.90. The molecule has 0 radical (unpaired) electrons. The molecule has 3 rings (SSSR count). The van der Waals surface area contributed by atoms with Crippen molar-refractivity contribution in [2.24, 2.45) is 18.4 Å². The van der Waals surface area contributed by atoms with E-state index < -0.39 is 5.41 Å². The Morgan fingerprint density at radius 1 is 1.45 bits per heavy atom. The van der Waals surface area contributed by atoms with Gasteiger partial charge in [-0.15, -0.1) is 0 Å². The molecule has 0 unspecified atom stereocenters. The highest BCUT2D eigenvalue weighted by molar-refractivity contribution is 6.04. The molecule has 0 saturated carbocycles. The fourth-order valence-electron chi connectivity index (χ4n) is 4.36. The lowest BCUT2D eigenvalue weighted by atomic mass is 9.52. The average molecular weight is 269 g/mol. The van der Waals surface area contributed by atoms with Gasteiger partial charge in [0.15, 0.2) is 5.78 Å². The molecule has 20 heavy (non-hydrogen) atoms. The molecule has 0 spiro atoms. The lowest BCUT2D eigenvalue weighted by Crippen LogP contribution is -2.51. The summed E-state index contributed by atoms with van der Waals surface area (Å²) >= 11 is 0. The second kappa shape index (κ2) is 3.82. The van der Waals surface area contributed by atoms with Crippen LogP contribution in [0.15, 0.2) is 17.8 Å². The quantitative estimate of drug-likeness (QED) is 0.726. The van der Waals surface area contributed by atoms with E-state index in [2.05, 4.69) is 18.1 Å². The zero-order valence-electron chi connectivity index (χ0n) is 12.4. The molecular formula is C16H19N3O. The van der Waals surface area contributed by atoms with Crippen molar-refractivity contribution in [2.45, 2.75) is 39.0 Å². The van der Waals surface area contributed by atoms with E-state index in [9.17, 15) is 10.1 Å². The summed E-state index contributed by atoms with van der Waals surface area (Å²) in [6.07, 6.45) is 5.71. The number of ketones is 1. The van der Waals surface area contributed by atoms with Gasteiger partial charge in [-0.2, -0.15) is 10.4 Å². The van der Waals surface area contributed by atoms with E-state index in [0.29, 0.717) is 5.57 Å². The zero-order valence-corrected chi connectivity index (χ0v) is 12.4. The second-order valence-corrected chi connectivity index (χ2v) is 6.74. The summed E-state index contributed by atoms with van der Waals surface area (Å²) < 4.78 is 1.90. The SMILES string of the molecule is Cn1ncc2c1[C@@]1(C)C=C(C#N)C(=O)C(C)(C)[C@@H]1CC2. The van der Waals surface area contributed by atoms with Gasteiger partial charge < -0.3 is 0 Å². The minimum Gasteiger partial charge on any atom is -0.293 e. The number of fused-ring (bicyclic) bond motifs is 3. The first-order valence-corrected chi connectivity index (χ1v) is 7.01. The van der Waals surface area contributed by atoms with E-state index in [0.717, 1.165) is 18.5 Å². The lowest BCUT2D eigenvalue weighted by Gasteiger charge is -2.50. The number of rotatable bonds is 0. The van der Waals surface area contributed by atoms with E-state index in [1.807, 2.05) is 37.8 Å². The first kappa shape index (κ1) is 13.1. The van der Waals surface area contributed by atoms with Crippen LogP contribution in [0.25, 0.3) is 0 Å². The second-order valence-electron chi connectivity index (χ2n) is 6.74. The highest BCUT2D eigenvalue weighted by Crippen LogP contribution is 2.54. The first-order chi connectivity index (χ1) is 9.32. The Labute approximate surface area is 119 Å². The van der Waals surface area contributed by atoms with Crippen molar-refractivity contribution in [3.05, 3.63) is 29.1 Å². The van der Waals surface area contributed by atoms with Crippen LogP contribution in [-0.4, -0.2) is 15.6 Å². The molecule has 2 aliphatic carbocycles. The number of carbonyl (C=O) groups excluding carboxylic acids is 1. The minimum atomic E-state index is -0.503. The number of aromatic nitrogens is 2. The summed E-state index contributed by atoms with van der Waals surface area (Å²) in [6.45, 7) is 6.09. The molecule has 4 nitrogen and oxygen atoms in total. The third-order valence-corrected chi connectivity index (χ3v) is 5.22. The van der Waals surface area contributed by atoms with Crippen LogP contribution in [0.1, 0.15) is 38.4 Å². The molecule has 0 aliphatic heterocycles. The molecule has 2 atom stereocenters. The van der Waals surface area contributed by atoms with E-state index in [1.54, 1.807) is 0 Å². The Morgan fingerprint density at radius 2 is 2.15 bits per heavy atom. The molecule has 1 aromatic heterocycles. The standard InChI is InChI=1S/C16H19N3O/c1-15(2)12-6-5-10-9-18-19(4)13(10)16(12,3)7-11(8-17)14(15)20/h7,9,12H,5-6H2,1-4H3/t12-,16-/m0/s1. The fraction of sp³-hybridized carbons (Fsp3) is 0.562. The van der Waals surface area contributed by atoms with Gasteiger partial charge in [-0.1, -0.05) is 26.8 Å². The first-order valence-electron chi connectivity index (χ1n) is 7.01. The highest BCUT2D eigenvalue weighted by atomic mass is 16.1. The van der Waals surface area contributed by atoms with Crippen molar-refractivity contribution in [3.8, 4) is 6.07 Å². The molecular weight excluding hydrogens is 250 g/mol. The molecule has 4 heteroatoms. The average Bonchev–Trinajstić information content (AvgIpc) is 2.77. The number of carbonyl (C=O) groups is 1.